The van der Waals surface area contributed by atoms with E-state index in [9.17, 15) is 9.59 Å². The first-order chi connectivity index (χ1) is 14.6. The molecule has 0 radical (unpaired) electrons. The van der Waals surface area contributed by atoms with Gasteiger partial charge in [0, 0.05) is 11.9 Å². The molecule has 0 saturated carbocycles. The van der Waals surface area contributed by atoms with E-state index in [1.807, 2.05) is 30.3 Å². The number of aromatic nitrogens is 2. The Labute approximate surface area is 173 Å². The van der Waals surface area contributed by atoms with Gasteiger partial charge in [-0.05, 0) is 17.7 Å². The highest BCUT2D eigenvalue weighted by Crippen LogP contribution is 2.32. The van der Waals surface area contributed by atoms with Crippen molar-refractivity contribution in [2.75, 3.05) is 33.9 Å². The molecular weight excluding hydrogens is 386 g/mol. The minimum absolute atomic E-state index is 0.156. The molecule has 3 aromatic rings. The Morgan fingerprint density at radius 2 is 1.97 bits per heavy atom. The van der Waals surface area contributed by atoms with E-state index in [0.29, 0.717) is 42.0 Å². The van der Waals surface area contributed by atoms with Gasteiger partial charge < -0.3 is 19.1 Å². The van der Waals surface area contributed by atoms with Crippen LogP contribution in [0.5, 0.6) is 11.5 Å². The number of ether oxygens (including phenoxy) is 3. The van der Waals surface area contributed by atoms with E-state index in [-0.39, 0.29) is 18.6 Å². The van der Waals surface area contributed by atoms with Crippen molar-refractivity contribution in [1.29, 1.82) is 0 Å². The zero-order chi connectivity index (χ0) is 21.1. The van der Waals surface area contributed by atoms with Crippen molar-refractivity contribution in [3.63, 3.8) is 0 Å². The molecule has 1 saturated heterocycles. The lowest BCUT2D eigenvalue weighted by molar-refractivity contribution is -0.139. The molecule has 1 aromatic heterocycles. The Morgan fingerprint density at radius 1 is 1.17 bits per heavy atom. The first-order valence-corrected chi connectivity index (χ1v) is 9.67. The zero-order valence-electron chi connectivity index (χ0n) is 16.9. The average Bonchev–Trinajstić information content (AvgIpc) is 2.80. The molecule has 0 unspecified atom stereocenters. The average molecular weight is 409 g/mol. The normalized spacial score (nSPS) is 16.5. The standard InChI is InChI=1S/C22H23N3O5/c1-28-17-9-8-16-12-23-25(22(27)20(16)21(17)29-2)14-19(26)24-10-11-30-18(13-24)15-6-4-3-5-7-15/h3-9,12,18H,10-11,13-14H2,1-2H3/t18-/m0/s1. The molecule has 1 fully saturated rings. The summed E-state index contributed by atoms with van der Waals surface area (Å²) in [7, 11) is 2.98. The van der Waals surface area contributed by atoms with Crippen LogP contribution in [0.15, 0.2) is 53.5 Å². The second kappa shape index (κ2) is 8.54. The fourth-order valence-electron chi connectivity index (χ4n) is 3.67. The van der Waals surface area contributed by atoms with Crippen molar-refractivity contribution in [2.45, 2.75) is 12.6 Å². The van der Waals surface area contributed by atoms with Gasteiger partial charge in [-0.1, -0.05) is 30.3 Å². The number of amides is 1. The molecule has 8 nitrogen and oxygen atoms in total. The van der Waals surface area contributed by atoms with Gasteiger partial charge in [-0.2, -0.15) is 5.10 Å². The predicted molar refractivity (Wildman–Crippen MR) is 111 cm³/mol. The number of carbonyl (C=O) groups excluding carboxylic acids is 1. The van der Waals surface area contributed by atoms with Crippen LogP contribution in [0.2, 0.25) is 0 Å². The molecule has 4 rings (SSSR count). The highest BCUT2D eigenvalue weighted by atomic mass is 16.5. The Morgan fingerprint density at radius 3 is 2.70 bits per heavy atom. The summed E-state index contributed by atoms with van der Waals surface area (Å²) < 4.78 is 17.7. The largest absolute Gasteiger partial charge is 0.493 e. The van der Waals surface area contributed by atoms with E-state index >= 15 is 0 Å². The lowest BCUT2D eigenvalue weighted by Gasteiger charge is -2.33. The topological polar surface area (TPSA) is 82.9 Å². The number of nitrogens with zero attached hydrogens (tertiary/aromatic N) is 3. The van der Waals surface area contributed by atoms with Gasteiger partial charge in [-0.25, -0.2) is 4.68 Å². The first kappa shape index (κ1) is 19.9. The Bertz CT molecular complexity index is 1110. The van der Waals surface area contributed by atoms with E-state index in [2.05, 4.69) is 5.10 Å². The number of benzene rings is 2. The molecule has 0 aliphatic carbocycles. The molecule has 1 atom stereocenters. The zero-order valence-corrected chi connectivity index (χ0v) is 16.9. The van der Waals surface area contributed by atoms with Gasteiger partial charge in [-0.15, -0.1) is 0 Å². The summed E-state index contributed by atoms with van der Waals surface area (Å²) >= 11 is 0. The first-order valence-electron chi connectivity index (χ1n) is 9.67. The number of methoxy groups -OCH3 is 2. The molecule has 1 amide bonds. The molecular formula is C22H23N3O5. The summed E-state index contributed by atoms with van der Waals surface area (Å²) in [5.41, 5.74) is 0.622. The SMILES string of the molecule is COc1ccc2cnn(CC(=O)N3CCO[C@H](c4ccccc4)C3)c(=O)c2c1OC. The van der Waals surface area contributed by atoms with Crippen molar-refractivity contribution in [3.05, 3.63) is 64.6 Å². The van der Waals surface area contributed by atoms with Crippen molar-refractivity contribution in [2.24, 2.45) is 0 Å². The third-order valence-corrected chi connectivity index (χ3v) is 5.24. The van der Waals surface area contributed by atoms with Crippen LogP contribution in [0.1, 0.15) is 11.7 Å². The minimum Gasteiger partial charge on any atom is -0.493 e. The van der Waals surface area contributed by atoms with Gasteiger partial charge in [0.15, 0.2) is 11.5 Å². The van der Waals surface area contributed by atoms with Crippen molar-refractivity contribution >= 4 is 16.7 Å². The van der Waals surface area contributed by atoms with Crippen LogP contribution < -0.4 is 15.0 Å². The monoisotopic (exact) mass is 409 g/mol. The van der Waals surface area contributed by atoms with Crippen LogP contribution >= 0.6 is 0 Å². The number of rotatable bonds is 5. The van der Waals surface area contributed by atoms with E-state index in [1.54, 1.807) is 23.2 Å². The van der Waals surface area contributed by atoms with Crippen molar-refractivity contribution in [1.82, 2.24) is 14.7 Å². The number of hydrogen-bond donors (Lipinski definition) is 0. The van der Waals surface area contributed by atoms with Gasteiger partial charge >= 0.3 is 0 Å². The van der Waals surface area contributed by atoms with Gasteiger partial charge in [0.1, 0.15) is 12.6 Å². The van der Waals surface area contributed by atoms with E-state index in [4.69, 9.17) is 14.2 Å². The van der Waals surface area contributed by atoms with Crippen molar-refractivity contribution < 1.29 is 19.0 Å². The molecule has 0 bridgehead atoms. The highest BCUT2D eigenvalue weighted by Gasteiger charge is 2.26. The fourth-order valence-corrected chi connectivity index (χ4v) is 3.67. The molecule has 8 heteroatoms. The lowest BCUT2D eigenvalue weighted by atomic mass is 10.1. The van der Waals surface area contributed by atoms with Crippen molar-refractivity contribution in [3.8, 4) is 11.5 Å². The molecule has 30 heavy (non-hydrogen) atoms. The Kier molecular flexibility index (Phi) is 5.67. The molecule has 2 heterocycles. The van der Waals surface area contributed by atoms with Gasteiger partial charge in [0.25, 0.3) is 5.56 Å². The summed E-state index contributed by atoms with van der Waals surface area (Å²) in [4.78, 5) is 27.7. The van der Waals surface area contributed by atoms with Crippen LogP contribution in [-0.4, -0.2) is 54.5 Å². The minimum atomic E-state index is -0.399. The summed E-state index contributed by atoms with van der Waals surface area (Å²) in [6.07, 6.45) is 1.37. The maximum absolute atomic E-state index is 13.0. The number of fused-ring (bicyclic) bond motifs is 1. The smallest absolute Gasteiger partial charge is 0.279 e. The summed E-state index contributed by atoms with van der Waals surface area (Å²) in [5.74, 6) is 0.596. The van der Waals surface area contributed by atoms with Crippen LogP contribution in [-0.2, 0) is 16.1 Å². The van der Waals surface area contributed by atoms with Gasteiger partial charge in [0.2, 0.25) is 5.91 Å². The summed E-state index contributed by atoms with van der Waals surface area (Å²) in [6, 6.07) is 13.2. The summed E-state index contributed by atoms with van der Waals surface area (Å²) in [5, 5.41) is 5.14. The highest BCUT2D eigenvalue weighted by molar-refractivity contribution is 5.89. The van der Waals surface area contributed by atoms with E-state index in [0.717, 1.165) is 5.56 Å². The summed E-state index contributed by atoms with van der Waals surface area (Å²) in [6.45, 7) is 1.19. The van der Waals surface area contributed by atoms with Crippen LogP contribution in [0.3, 0.4) is 0 Å². The van der Waals surface area contributed by atoms with Crippen LogP contribution in [0.25, 0.3) is 10.8 Å². The fraction of sp³-hybridized carbons (Fsp3) is 0.318. The maximum Gasteiger partial charge on any atom is 0.279 e. The third-order valence-electron chi connectivity index (χ3n) is 5.24. The van der Waals surface area contributed by atoms with E-state index in [1.165, 1.54) is 18.9 Å². The van der Waals surface area contributed by atoms with E-state index < -0.39 is 5.56 Å². The lowest BCUT2D eigenvalue weighted by Crippen LogP contribution is -2.45. The predicted octanol–water partition coefficient (Wildman–Crippen LogP) is 2.01. The van der Waals surface area contributed by atoms with Gasteiger partial charge in [-0.3, -0.25) is 9.59 Å². The quantitative estimate of drug-likeness (QED) is 0.641. The second-order valence-corrected chi connectivity index (χ2v) is 6.98. The van der Waals surface area contributed by atoms with Gasteiger partial charge in [0.05, 0.1) is 39.0 Å². The molecule has 2 aromatic carbocycles. The molecule has 0 N–H and O–H groups in total. The Hall–Kier alpha value is -3.39. The number of hydrogen-bond acceptors (Lipinski definition) is 6. The second-order valence-electron chi connectivity index (χ2n) is 6.98. The molecule has 0 spiro atoms. The maximum atomic E-state index is 13.0. The van der Waals surface area contributed by atoms with Crippen LogP contribution in [0, 0.1) is 0 Å². The third kappa shape index (κ3) is 3.73. The molecule has 156 valence electrons. The molecule has 1 aliphatic heterocycles. The molecule has 1 aliphatic rings. The number of morpholine rings is 1. The van der Waals surface area contributed by atoms with Crippen LogP contribution in [0.4, 0.5) is 0 Å². The number of carbonyl (C=O) groups is 1. The Balaban J connectivity index is 1.58.